The summed E-state index contributed by atoms with van der Waals surface area (Å²) < 4.78 is 62.2. The second-order valence-corrected chi connectivity index (χ2v) is 9.00. The zero-order chi connectivity index (χ0) is 22.1. The van der Waals surface area contributed by atoms with Crippen LogP contribution in [0.3, 0.4) is 0 Å². The molecule has 0 amide bonds. The monoisotopic (exact) mass is 448 g/mol. The molecule has 10 heteroatoms. The maximum atomic E-state index is 11.1. The molecule has 0 bridgehead atoms. The van der Waals surface area contributed by atoms with E-state index >= 15 is 0 Å². The SMILES string of the molecule is O=S(=O)(O)c1c(O)ccc2ccccc12.O=S(=O)(O)c1cc(O)cc2ccccc12. The zero-order valence-electron chi connectivity index (χ0n) is 15.2. The number of phenols is 2. The first kappa shape index (κ1) is 21.5. The van der Waals surface area contributed by atoms with Crippen LogP contribution >= 0.6 is 0 Å². The molecule has 8 nitrogen and oxygen atoms in total. The number of hydrogen-bond acceptors (Lipinski definition) is 6. The summed E-state index contributed by atoms with van der Waals surface area (Å²) >= 11 is 0. The van der Waals surface area contributed by atoms with Gasteiger partial charge in [0.1, 0.15) is 21.3 Å². The first-order valence-corrected chi connectivity index (χ1v) is 11.2. The van der Waals surface area contributed by atoms with Crippen molar-refractivity contribution in [2.75, 3.05) is 0 Å². The van der Waals surface area contributed by atoms with Crippen LogP contribution in [0.5, 0.6) is 11.5 Å². The van der Waals surface area contributed by atoms with Crippen molar-refractivity contribution in [1.29, 1.82) is 0 Å². The van der Waals surface area contributed by atoms with Crippen LogP contribution in [0.2, 0.25) is 0 Å². The van der Waals surface area contributed by atoms with Gasteiger partial charge in [-0.25, -0.2) is 0 Å². The largest absolute Gasteiger partial charge is 0.508 e. The molecule has 0 saturated carbocycles. The van der Waals surface area contributed by atoms with E-state index in [-0.39, 0.29) is 10.6 Å². The molecule has 30 heavy (non-hydrogen) atoms. The van der Waals surface area contributed by atoms with Gasteiger partial charge in [0, 0.05) is 16.8 Å². The molecular weight excluding hydrogens is 432 g/mol. The van der Waals surface area contributed by atoms with E-state index in [1.54, 1.807) is 48.5 Å². The molecule has 0 heterocycles. The zero-order valence-corrected chi connectivity index (χ0v) is 16.8. The second kappa shape index (κ2) is 7.92. The molecule has 0 aliphatic carbocycles. The number of fused-ring (bicyclic) bond motifs is 2. The van der Waals surface area contributed by atoms with Gasteiger partial charge >= 0.3 is 0 Å². The van der Waals surface area contributed by atoms with Gasteiger partial charge in [0.2, 0.25) is 0 Å². The Bertz CT molecular complexity index is 1460. The number of rotatable bonds is 2. The minimum Gasteiger partial charge on any atom is -0.508 e. The van der Waals surface area contributed by atoms with Crippen molar-refractivity contribution in [1.82, 2.24) is 0 Å². The summed E-state index contributed by atoms with van der Waals surface area (Å²) in [6.07, 6.45) is 0. The smallest absolute Gasteiger partial charge is 0.298 e. The molecule has 0 aliphatic heterocycles. The Morgan fingerprint density at radius 1 is 0.600 bits per heavy atom. The summed E-state index contributed by atoms with van der Waals surface area (Å²) in [6, 6.07) is 18.5. The first-order valence-electron chi connectivity index (χ1n) is 8.36. The molecule has 0 aromatic heterocycles. The lowest BCUT2D eigenvalue weighted by Crippen LogP contribution is -1.99. The molecule has 4 aromatic carbocycles. The highest BCUT2D eigenvalue weighted by atomic mass is 32.2. The molecular formula is C20H16O8S2. The normalized spacial score (nSPS) is 11.8. The van der Waals surface area contributed by atoms with E-state index in [1.807, 2.05) is 0 Å². The Labute approximate surface area is 172 Å². The summed E-state index contributed by atoms with van der Waals surface area (Å²) in [5.74, 6) is -0.641. The van der Waals surface area contributed by atoms with Crippen molar-refractivity contribution in [2.24, 2.45) is 0 Å². The van der Waals surface area contributed by atoms with E-state index in [0.717, 1.165) is 6.07 Å². The van der Waals surface area contributed by atoms with Gasteiger partial charge in [-0.15, -0.1) is 0 Å². The lowest BCUT2D eigenvalue weighted by molar-refractivity contribution is 0.445. The number of phenolic OH excluding ortho intramolecular Hbond substituents is 2. The van der Waals surface area contributed by atoms with Crippen LogP contribution < -0.4 is 0 Å². The van der Waals surface area contributed by atoms with Crippen LogP contribution in [-0.2, 0) is 20.2 Å². The van der Waals surface area contributed by atoms with Gasteiger partial charge in [-0.3, -0.25) is 9.11 Å². The van der Waals surface area contributed by atoms with E-state index in [0.29, 0.717) is 21.5 Å². The molecule has 4 rings (SSSR count). The minimum atomic E-state index is -4.41. The molecule has 4 N–H and O–H groups in total. The van der Waals surface area contributed by atoms with Gasteiger partial charge in [0.05, 0.1) is 0 Å². The van der Waals surface area contributed by atoms with Gasteiger partial charge in [-0.2, -0.15) is 16.8 Å². The minimum absolute atomic E-state index is 0.193. The van der Waals surface area contributed by atoms with E-state index in [1.165, 1.54) is 18.2 Å². The molecule has 0 atom stereocenters. The van der Waals surface area contributed by atoms with Crippen LogP contribution in [0.4, 0.5) is 0 Å². The highest BCUT2D eigenvalue weighted by molar-refractivity contribution is 7.86. The third-order valence-electron chi connectivity index (χ3n) is 4.20. The summed E-state index contributed by atoms with van der Waals surface area (Å²) in [7, 11) is -8.72. The van der Waals surface area contributed by atoms with Crippen molar-refractivity contribution in [3.63, 3.8) is 0 Å². The van der Waals surface area contributed by atoms with Gasteiger partial charge in [-0.05, 0) is 22.9 Å². The fourth-order valence-electron chi connectivity index (χ4n) is 2.98. The predicted molar refractivity (Wildman–Crippen MR) is 111 cm³/mol. The molecule has 0 radical (unpaired) electrons. The van der Waals surface area contributed by atoms with E-state index < -0.39 is 30.9 Å². The Balaban J connectivity index is 0.000000171. The highest BCUT2D eigenvalue weighted by Crippen LogP contribution is 2.31. The van der Waals surface area contributed by atoms with Crippen LogP contribution in [-0.4, -0.2) is 36.2 Å². The molecule has 4 aromatic rings. The maximum Gasteiger partial charge on any atom is 0.298 e. The quantitative estimate of drug-likeness (QED) is 0.340. The predicted octanol–water partition coefficient (Wildman–Crippen LogP) is 3.58. The summed E-state index contributed by atoms with van der Waals surface area (Å²) in [5, 5.41) is 20.6. The average molecular weight is 448 g/mol. The number of hydrogen-bond donors (Lipinski definition) is 4. The van der Waals surface area contributed by atoms with Crippen molar-refractivity contribution < 1.29 is 36.2 Å². The van der Waals surface area contributed by atoms with Crippen molar-refractivity contribution >= 4 is 41.8 Å². The lowest BCUT2D eigenvalue weighted by atomic mass is 10.1. The molecule has 0 unspecified atom stereocenters. The Kier molecular flexibility index (Phi) is 5.68. The van der Waals surface area contributed by atoms with Crippen molar-refractivity contribution in [2.45, 2.75) is 9.79 Å². The first-order chi connectivity index (χ1) is 14.0. The molecule has 0 saturated heterocycles. The van der Waals surface area contributed by atoms with Gasteiger partial charge < -0.3 is 10.2 Å². The Morgan fingerprint density at radius 2 is 1.17 bits per heavy atom. The topological polar surface area (TPSA) is 149 Å². The van der Waals surface area contributed by atoms with Crippen molar-refractivity contribution in [3.05, 3.63) is 72.8 Å². The van der Waals surface area contributed by atoms with E-state index in [4.69, 9.17) is 9.11 Å². The third-order valence-corrected chi connectivity index (χ3v) is 6.04. The standard InChI is InChI=1S/2C10H8O4S/c11-8-5-7-3-1-2-4-9(7)10(6-8)15(12,13)14;11-9-6-5-7-3-1-2-4-8(7)10(9)15(12,13)14/h2*1-6,11H,(H,12,13,14). The number of benzene rings is 4. The summed E-state index contributed by atoms with van der Waals surface area (Å²) in [6.45, 7) is 0. The van der Waals surface area contributed by atoms with Gasteiger partial charge in [0.25, 0.3) is 20.2 Å². The maximum absolute atomic E-state index is 11.1. The molecule has 156 valence electrons. The van der Waals surface area contributed by atoms with Crippen LogP contribution in [0.25, 0.3) is 21.5 Å². The second-order valence-electron chi connectivity index (χ2n) is 6.25. The Morgan fingerprint density at radius 3 is 1.77 bits per heavy atom. The lowest BCUT2D eigenvalue weighted by Gasteiger charge is -2.05. The summed E-state index contributed by atoms with van der Waals surface area (Å²) in [4.78, 5) is -0.723. The molecule has 0 fully saturated rings. The molecule has 0 spiro atoms. The van der Waals surface area contributed by atoms with Gasteiger partial charge in [0.15, 0.2) is 0 Å². The van der Waals surface area contributed by atoms with Gasteiger partial charge in [-0.1, -0.05) is 54.6 Å². The van der Waals surface area contributed by atoms with Crippen molar-refractivity contribution in [3.8, 4) is 11.5 Å². The molecule has 0 aliphatic rings. The van der Waals surface area contributed by atoms with E-state index in [9.17, 15) is 27.0 Å². The number of aromatic hydroxyl groups is 2. The fourth-order valence-corrected chi connectivity index (χ4v) is 4.51. The third kappa shape index (κ3) is 4.52. The Hall–Kier alpha value is -3.18. The van der Waals surface area contributed by atoms with Crippen LogP contribution in [0.15, 0.2) is 82.6 Å². The van der Waals surface area contributed by atoms with E-state index in [2.05, 4.69) is 0 Å². The summed E-state index contributed by atoms with van der Waals surface area (Å²) in [5.41, 5.74) is 0. The fraction of sp³-hybridized carbons (Fsp3) is 0. The van der Waals surface area contributed by atoms with Crippen LogP contribution in [0, 0.1) is 0 Å². The van der Waals surface area contributed by atoms with Crippen LogP contribution in [0.1, 0.15) is 0 Å². The highest BCUT2D eigenvalue weighted by Gasteiger charge is 2.18. The average Bonchev–Trinajstić information content (AvgIpc) is 2.66.